The minimum atomic E-state index is 0.742. The lowest BCUT2D eigenvalue weighted by Crippen LogP contribution is -2.05. The van der Waals surface area contributed by atoms with Gasteiger partial charge in [-0.05, 0) is 42.4 Å². The molecule has 44 heavy (non-hydrogen) atoms. The first kappa shape index (κ1) is 36.9. The van der Waals surface area contributed by atoms with E-state index >= 15 is 0 Å². The van der Waals surface area contributed by atoms with Crippen LogP contribution in [0.3, 0.4) is 0 Å². The minimum Gasteiger partial charge on any atom is -0.491 e. The van der Waals surface area contributed by atoms with E-state index in [1.54, 1.807) is 0 Å². The number of rotatable bonds is 27. The van der Waals surface area contributed by atoms with E-state index in [1.165, 1.54) is 141 Å². The summed E-state index contributed by atoms with van der Waals surface area (Å²) < 4.78 is 13.2. The highest BCUT2D eigenvalue weighted by Gasteiger charge is 2.16. The first-order chi connectivity index (χ1) is 21.8. The van der Waals surface area contributed by atoms with Gasteiger partial charge in [-0.25, -0.2) is 0 Å². The summed E-state index contributed by atoms with van der Waals surface area (Å²) in [5.74, 6) is 6.59. The smallest absolute Gasteiger partial charge is 0.135 e. The molecule has 0 heterocycles. The lowest BCUT2D eigenvalue weighted by Gasteiger charge is -2.18. The second-order valence-corrected chi connectivity index (χ2v) is 14.8. The molecule has 0 saturated heterocycles. The molecule has 0 aromatic heterocycles. The SMILES string of the molecule is CCCCCCCCCCSCCOc1c2ccccc2c(OCCSCCCCCCCCCC)c2cc(CC)ccc12. The van der Waals surface area contributed by atoms with Crippen molar-refractivity contribution in [2.24, 2.45) is 0 Å². The largest absolute Gasteiger partial charge is 0.491 e. The molecule has 0 saturated carbocycles. The third-order valence-electron chi connectivity index (χ3n) is 8.63. The zero-order valence-electron chi connectivity index (χ0n) is 28.4. The summed E-state index contributed by atoms with van der Waals surface area (Å²) in [5.41, 5.74) is 1.34. The molecule has 0 spiro atoms. The van der Waals surface area contributed by atoms with E-state index < -0.39 is 0 Å². The van der Waals surface area contributed by atoms with Gasteiger partial charge in [-0.1, -0.05) is 147 Å². The highest BCUT2D eigenvalue weighted by atomic mass is 32.2. The molecular weight excluding hydrogens is 577 g/mol. The highest BCUT2D eigenvalue weighted by Crippen LogP contribution is 2.43. The molecule has 3 rings (SSSR count). The van der Waals surface area contributed by atoms with Crippen molar-refractivity contribution in [1.29, 1.82) is 0 Å². The molecule has 2 nitrogen and oxygen atoms in total. The fraction of sp³-hybridized carbons (Fsp3) is 0.650. The number of unbranched alkanes of at least 4 members (excludes halogenated alkanes) is 14. The van der Waals surface area contributed by atoms with Crippen molar-refractivity contribution >= 4 is 45.1 Å². The Morgan fingerprint density at radius 2 is 0.886 bits per heavy atom. The number of ether oxygens (including phenoxy) is 2. The number of fused-ring (bicyclic) bond motifs is 2. The molecule has 0 aliphatic rings. The predicted molar refractivity (Wildman–Crippen MR) is 202 cm³/mol. The van der Waals surface area contributed by atoms with Crippen LogP contribution in [0, 0.1) is 0 Å². The van der Waals surface area contributed by atoms with E-state index in [4.69, 9.17) is 9.47 Å². The molecule has 0 radical (unpaired) electrons. The normalized spacial score (nSPS) is 11.5. The number of hydrogen-bond donors (Lipinski definition) is 0. The van der Waals surface area contributed by atoms with Gasteiger partial charge in [0, 0.05) is 33.1 Å². The van der Waals surface area contributed by atoms with Gasteiger partial charge in [-0.3, -0.25) is 0 Å². The van der Waals surface area contributed by atoms with Crippen LogP contribution in [0.4, 0.5) is 0 Å². The molecular formula is C40H62O2S2. The maximum absolute atomic E-state index is 6.61. The van der Waals surface area contributed by atoms with Gasteiger partial charge in [0.15, 0.2) is 0 Å². The molecule has 3 aromatic rings. The maximum Gasteiger partial charge on any atom is 0.135 e. The van der Waals surface area contributed by atoms with Crippen LogP contribution < -0.4 is 9.47 Å². The van der Waals surface area contributed by atoms with E-state index in [2.05, 4.69) is 63.2 Å². The summed E-state index contributed by atoms with van der Waals surface area (Å²) in [5, 5.41) is 4.70. The monoisotopic (exact) mass is 638 g/mol. The lowest BCUT2D eigenvalue weighted by atomic mass is 9.98. The maximum atomic E-state index is 6.61. The van der Waals surface area contributed by atoms with Crippen LogP contribution in [0.25, 0.3) is 21.5 Å². The van der Waals surface area contributed by atoms with Crippen LogP contribution >= 0.6 is 23.5 Å². The Morgan fingerprint density at radius 3 is 1.36 bits per heavy atom. The van der Waals surface area contributed by atoms with Gasteiger partial charge in [-0.15, -0.1) is 0 Å². The van der Waals surface area contributed by atoms with Crippen LogP contribution in [-0.2, 0) is 6.42 Å². The highest BCUT2D eigenvalue weighted by molar-refractivity contribution is 7.99. The van der Waals surface area contributed by atoms with Crippen LogP contribution in [0.15, 0.2) is 42.5 Å². The van der Waals surface area contributed by atoms with Gasteiger partial charge in [0.2, 0.25) is 0 Å². The van der Waals surface area contributed by atoms with E-state index in [0.29, 0.717) is 0 Å². The molecule has 4 heteroatoms. The fourth-order valence-corrected chi connectivity index (χ4v) is 7.59. The zero-order chi connectivity index (χ0) is 31.1. The van der Waals surface area contributed by atoms with E-state index in [0.717, 1.165) is 42.6 Å². The van der Waals surface area contributed by atoms with Crippen molar-refractivity contribution in [3.05, 3.63) is 48.0 Å². The number of thioether (sulfide) groups is 2. The fourth-order valence-electron chi connectivity index (χ4n) is 5.96. The van der Waals surface area contributed by atoms with Crippen molar-refractivity contribution in [2.45, 2.75) is 130 Å². The average Bonchev–Trinajstić information content (AvgIpc) is 3.05. The molecule has 0 amide bonds. The second-order valence-electron chi connectivity index (χ2n) is 12.3. The lowest BCUT2D eigenvalue weighted by molar-refractivity contribution is 0.346. The summed E-state index contributed by atoms with van der Waals surface area (Å²) in [6.45, 7) is 8.29. The number of aryl methyl sites for hydroxylation is 1. The van der Waals surface area contributed by atoms with Gasteiger partial charge in [0.05, 0.1) is 13.2 Å². The molecule has 246 valence electrons. The molecule has 0 atom stereocenters. The van der Waals surface area contributed by atoms with Gasteiger partial charge < -0.3 is 9.47 Å². The molecule has 0 fully saturated rings. The Kier molecular flexibility index (Phi) is 20.0. The van der Waals surface area contributed by atoms with Crippen LogP contribution in [0.5, 0.6) is 11.5 Å². The van der Waals surface area contributed by atoms with Crippen LogP contribution in [0.2, 0.25) is 0 Å². The number of hydrogen-bond acceptors (Lipinski definition) is 4. The van der Waals surface area contributed by atoms with Gasteiger partial charge in [0.25, 0.3) is 0 Å². The summed E-state index contributed by atoms with van der Waals surface area (Å²) >= 11 is 4.08. The molecule has 0 unspecified atom stereocenters. The van der Waals surface area contributed by atoms with E-state index in [9.17, 15) is 0 Å². The summed E-state index contributed by atoms with van der Waals surface area (Å²) in [4.78, 5) is 0. The molecule has 0 N–H and O–H groups in total. The van der Waals surface area contributed by atoms with Crippen molar-refractivity contribution in [3.8, 4) is 11.5 Å². The van der Waals surface area contributed by atoms with Crippen LogP contribution in [-0.4, -0.2) is 36.2 Å². The molecule has 0 bridgehead atoms. The predicted octanol–water partition coefficient (Wildman–Crippen LogP) is 13.1. The second kappa shape index (κ2) is 23.8. The van der Waals surface area contributed by atoms with Crippen LogP contribution in [0.1, 0.15) is 129 Å². The quantitative estimate of drug-likeness (QED) is 0.0610. The van der Waals surface area contributed by atoms with Gasteiger partial charge in [-0.2, -0.15) is 23.5 Å². The van der Waals surface area contributed by atoms with Crippen molar-refractivity contribution in [1.82, 2.24) is 0 Å². The summed E-state index contributed by atoms with van der Waals surface area (Å²) in [6.07, 6.45) is 23.1. The third-order valence-corrected chi connectivity index (χ3v) is 10.7. The minimum absolute atomic E-state index is 0.742. The Balaban J connectivity index is 1.50. The Morgan fingerprint density at radius 1 is 0.455 bits per heavy atom. The first-order valence-corrected chi connectivity index (χ1v) is 20.5. The molecule has 0 aliphatic heterocycles. The topological polar surface area (TPSA) is 18.5 Å². The Labute approximate surface area is 279 Å². The Hall–Kier alpha value is -1.52. The zero-order valence-corrected chi connectivity index (χ0v) is 30.1. The standard InChI is InChI=1S/C40H62O2S2/c1-4-7-9-11-13-15-17-21-29-43-31-27-41-39-35-23-19-20-24-36(35)40(38-33-34(6-3)25-26-37(38)39)42-28-32-44-30-22-18-16-14-12-10-8-5-2/h19-20,23-26,33H,4-18,21-22,27-32H2,1-3H3. The molecule has 0 aliphatic carbocycles. The van der Waals surface area contributed by atoms with Crippen molar-refractivity contribution in [3.63, 3.8) is 0 Å². The third kappa shape index (κ3) is 13.5. The molecule has 3 aromatic carbocycles. The van der Waals surface area contributed by atoms with Gasteiger partial charge >= 0.3 is 0 Å². The van der Waals surface area contributed by atoms with E-state index in [-0.39, 0.29) is 0 Å². The average molecular weight is 639 g/mol. The summed E-state index contributed by atoms with van der Waals surface area (Å²) in [6, 6.07) is 15.5. The summed E-state index contributed by atoms with van der Waals surface area (Å²) in [7, 11) is 0. The van der Waals surface area contributed by atoms with Crippen molar-refractivity contribution in [2.75, 3.05) is 36.2 Å². The Bertz CT molecular complexity index is 1160. The van der Waals surface area contributed by atoms with Gasteiger partial charge in [0.1, 0.15) is 11.5 Å². The van der Waals surface area contributed by atoms with Crippen molar-refractivity contribution < 1.29 is 9.47 Å². The first-order valence-electron chi connectivity index (χ1n) is 18.2. The number of benzene rings is 3. The van der Waals surface area contributed by atoms with E-state index in [1.807, 2.05) is 23.5 Å².